The van der Waals surface area contributed by atoms with Gasteiger partial charge < -0.3 is 4.74 Å². The smallest absolute Gasteiger partial charge is 0.322 e. The van der Waals surface area contributed by atoms with Gasteiger partial charge in [-0.15, -0.1) is 0 Å². The summed E-state index contributed by atoms with van der Waals surface area (Å²) in [7, 11) is 1.43. The first-order valence-electron chi connectivity index (χ1n) is 4.28. The van der Waals surface area contributed by atoms with Gasteiger partial charge in [-0.1, -0.05) is 0 Å². The van der Waals surface area contributed by atoms with Gasteiger partial charge in [0.05, 0.1) is 7.11 Å². The lowest BCUT2D eigenvalue weighted by Gasteiger charge is -2.04. The third-order valence-electron chi connectivity index (χ3n) is 1.84. The van der Waals surface area contributed by atoms with Gasteiger partial charge in [0.25, 0.3) is 0 Å². The summed E-state index contributed by atoms with van der Waals surface area (Å²) in [6, 6.07) is 5.47. The highest BCUT2D eigenvalue weighted by molar-refractivity contribution is 6.28. The molecule has 2 aromatic rings. The molecule has 6 nitrogen and oxygen atoms in total. The quantitative estimate of drug-likeness (QED) is 0.782. The van der Waals surface area contributed by atoms with E-state index in [-0.39, 0.29) is 17.2 Å². The average Bonchev–Trinajstić information content (AvgIpc) is 2.76. The fourth-order valence-corrected chi connectivity index (χ4v) is 1.32. The van der Waals surface area contributed by atoms with Gasteiger partial charge in [0.1, 0.15) is 11.8 Å². The van der Waals surface area contributed by atoms with Crippen molar-refractivity contribution in [1.82, 2.24) is 19.5 Å². The molecule has 0 atom stereocenters. The van der Waals surface area contributed by atoms with Gasteiger partial charge in [-0.2, -0.15) is 20.2 Å². The Labute approximate surface area is 96.1 Å². The Morgan fingerprint density at radius 3 is 2.94 bits per heavy atom. The monoisotopic (exact) mass is 235 g/mol. The van der Waals surface area contributed by atoms with E-state index < -0.39 is 0 Å². The SMILES string of the molecule is COc1nc(Cl)nc(-n2cccc2C#N)n1. The molecule has 2 aromatic heterocycles. The van der Waals surface area contributed by atoms with Gasteiger partial charge in [0.15, 0.2) is 0 Å². The first kappa shape index (κ1) is 10.4. The number of hydrogen-bond donors (Lipinski definition) is 0. The van der Waals surface area contributed by atoms with Gasteiger partial charge in [0.2, 0.25) is 11.2 Å². The molecular weight excluding hydrogens is 230 g/mol. The fraction of sp³-hybridized carbons (Fsp3) is 0.111. The predicted octanol–water partition coefficient (Wildman–Crippen LogP) is 1.20. The molecule has 0 bridgehead atoms. The number of rotatable bonds is 2. The van der Waals surface area contributed by atoms with E-state index in [1.54, 1.807) is 18.3 Å². The number of nitriles is 1. The second-order valence-electron chi connectivity index (χ2n) is 2.77. The number of nitrogens with zero attached hydrogens (tertiary/aromatic N) is 5. The fourth-order valence-electron chi connectivity index (χ4n) is 1.17. The average molecular weight is 236 g/mol. The van der Waals surface area contributed by atoms with Crippen LogP contribution in [0.4, 0.5) is 0 Å². The van der Waals surface area contributed by atoms with Gasteiger partial charge >= 0.3 is 6.01 Å². The summed E-state index contributed by atoms with van der Waals surface area (Å²) in [6.07, 6.45) is 1.66. The molecule has 2 rings (SSSR count). The normalized spacial score (nSPS) is 9.81. The van der Waals surface area contributed by atoms with Gasteiger partial charge in [-0.05, 0) is 23.7 Å². The van der Waals surface area contributed by atoms with Crippen LogP contribution in [0, 0.1) is 11.3 Å². The zero-order chi connectivity index (χ0) is 11.5. The van der Waals surface area contributed by atoms with Crippen molar-refractivity contribution >= 4 is 11.6 Å². The van der Waals surface area contributed by atoms with Crippen molar-refractivity contribution in [3.63, 3.8) is 0 Å². The number of halogens is 1. The van der Waals surface area contributed by atoms with Crippen LogP contribution in [0.25, 0.3) is 5.95 Å². The molecule has 0 fully saturated rings. The molecule has 0 saturated carbocycles. The molecule has 0 N–H and O–H groups in total. The van der Waals surface area contributed by atoms with Crippen LogP contribution in [0.1, 0.15) is 5.69 Å². The Bertz CT molecular complexity index is 559. The first-order valence-corrected chi connectivity index (χ1v) is 4.66. The molecule has 16 heavy (non-hydrogen) atoms. The van der Waals surface area contributed by atoms with Crippen LogP contribution in [-0.4, -0.2) is 26.6 Å². The minimum atomic E-state index is 0.0134. The molecule has 0 unspecified atom stereocenters. The lowest BCUT2D eigenvalue weighted by molar-refractivity contribution is 0.377. The van der Waals surface area contributed by atoms with Crippen LogP contribution < -0.4 is 4.74 Å². The first-order chi connectivity index (χ1) is 7.74. The highest BCUT2D eigenvalue weighted by Gasteiger charge is 2.09. The second-order valence-corrected chi connectivity index (χ2v) is 3.10. The molecule has 0 aromatic carbocycles. The number of ether oxygens (including phenoxy) is 1. The highest BCUT2D eigenvalue weighted by atomic mass is 35.5. The second kappa shape index (κ2) is 4.16. The summed E-state index contributed by atoms with van der Waals surface area (Å²) < 4.78 is 6.36. The van der Waals surface area contributed by atoms with Gasteiger partial charge in [0, 0.05) is 6.20 Å². The summed E-state index contributed by atoms with van der Waals surface area (Å²) in [5.41, 5.74) is 0.407. The Morgan fingerprint density at radius 1 is 1.44 bits per heavy atom. The number of methoxy groups -OCH3 is 1. The topological polar surface area (TPSA) is 76.6 Å². The molecule has 0 amide bonds. The van der Waals surface area contributed by atoms with Gasteiger partial charge in [-0.25, -0.2) is 0 Å². The van der Waals surface area contributed by atoms with E-state index in [0.717, 1.165) is 0 Å². The summed E-state index contributed by atoms with van der Waals surface area (Å²) in [5.74, 6) is 0.249. The standard InChI is InChI=1S/C9H6ClN5O/c1-16-9-13-7(10)12-8(14-9)15-4-2-3-6(15)5-11/h2-4H,1H3. The van der Waals surface area contributed by atoms with Crippen LogP contribution in [0.5, 0.6) is 6.01 Å². The zero-order valence-corrected chi connectivity index (χ0v) is 9.01. The molecule has 0 radical (unpaired) electrons. The molecule has 0 saturated heterocycles. The van der Waals surface area contributed by atoms with E-state index in [2.05, 4.69) is 15.0 Å². The van der Waals surface area contributed by atoms with Crippen LogP contribution >= 0.6 is 11.6 Å². The third-order valence-corrected chi connectivity index (χ3v) is 2.01. The Morgan fingerprint density at radius 2 is 2.25 bits per heavy atom. The minimum Gasteiger partial charge on any atom is -0.467 e. The molecule has 0 aliphatic carbocycles. The minimum absolute atomic E-state index is 0.0134. The zero-order valence-electron chi connectivity index (χ0n) is 8.25. The van der Waals surface area contributed by atoms with Crippen LogP contribution in [0.3, 0.4) is 0 Å². The van der Waals surface area contributed by atoms with Crippen molar-refractivity contribution in [2.24, 2.45) is 0 Å². The lowest BCUT2D eigenvalue weighted by atomic mass is 10.5. The van der Waals surface area contributed by atoms with E-state index in [4.69, 9.17) is 21.6 Å². The summed E-state index contributed by atoms with van der Waals surface area (Å²) in [6.45, 7) is 0. The molecule has 0 aliphatic rings. The third kappa shape index (κ3) is 1.81. The Hall–Kier alpha value is -2.13. The lowest BCUT2D eigenvalue weighted by Crippen LogP contribution is -2.05. The molecular formula is C9H6ClN5O. The Kier molecular flexibility index (Phi) is 2.70. The van der Waals surface area contributed by atoms with Crippen molar-refractivity contribution in [1.29, 1.82) is 5.26 Å². The van der Waals surface area contributed by atoms with Crippen LogP contribution in [-0.2, 0) is 0 Å². The molecule has 7 heteroatoms. The van der Waals surface area contributed by atoms with E-state index >= 15 is 0 Å². The van der Waals surface area contributed by atoms with Crippen LogP contribution in [0.2, 0.25) is 5.28 Å². The van der Waals surface area contributed by atoms with E-state index in [1.165, 1.54) is 11.7 Å². The highest BCUT2D eigenvalue weighted by Crippen LogP contribution is 2.13. The van der Waals surface area contributed by atoms with Crippen molar-refractivity contribution in [2.45, 2.75) is 0 Å². The van der Waals surface area contributed by atoms with E-state index in [9.17, 15) is 0 Å². The maximum absolute atomic E-state index is 8.86. The van der Waals surface area contributed by atoms with Crippen molar-refractivity contribution in [2.75, 3.05) is 7.11 Å². The maximum Gasteiger partial charge on any atom is 0.322 e. The summed E-state index contributed by atoms with van der Waals surface area (Å²) in [5, 5.41) is 8.87. The molecule has 2 heterocycles. The summed E-state index contributed by atoms with van der Waals surface area (Å²) >= 11 is 5.70. The Balaban J connectivity index is 2.56. The molecule has 0 spiro atoms. The van der Waals surface area contributed by atoms with Crippen molar-refractivity contribution < 1.29 is 4.74 Å². The van der Waals surface area contributed by atoms with Gasteiger partial charge in [-0.3, -0.25) is 4.57 Å². The molecule has 80 valence electrons. The predicted molar refractivity (Wildman–Crippen MR) is 55.4 cm³/mol. The van der Waals surface area contributed by atoms with Crippen molar-refractivity contribution in [3.8, 4) is 18.0 Å². The maximum atomic E-state index is 8.86. The largest absolute Gasteiger partial charge is 0.467 e. The summed E-state index contributed by atoms with van der Waals surface area (Å²) in [4.78, 5) is 11.6. The van der Waals surface area contributed by atoms with Crippen molar-refractivity contribution in [3.05, 3.63) is 29.3 Å². The van der Waals surface area contributed by atoms with Crippen LogP contribution in [0.15, 0.2) is 18.3 Å². The van der Waals surface area contributed by atoms with E-state index in [0.29, 0.717) is 5.69 Å². The molecule has 0 aliphatic heterocycles. The van der Waals surface area contributed by atoms with E-state index in [1.807, 2.05) is 6.07 Å². The number of hydrogen-bond acceptors (Lipinski definition) is 5. The number of aromatic nitrogens is 4.